The van der Waals surface area contributed by atoms with E-state index < -0.39 is 6.43 Å². The van der Waals surface area contributed by atoms with Crippen LogP contribution in [-0.4, -0.2) is 9.38 Å². The Morgan fingerprint density at radius 2 is 2.23 bits per heavy atom. The van der Waals surface area contributed by atoms with E-state index in [2.05, 4.69) is 27.6 Å². The standard InChI is InChI=1S/C8H5F2IN2/c9-8(10)5-1-2-13-6(11)4-12-7(13)3-5/h1-4,8H. The van der Waals surface area contributed by atoms with E-state index in [0.29, 0.717) is 5.65 Å². The molecule has 13 heavy (non-hydrogen) atoms. The van der Waals surface area contributed by atoms with Crippen LogP contribution in [0.25, 0.3) is 5.65 Å². The van der Waals surface area contributed by atoms with Crippen molar-refractivity contribution in [2.45, 2.75) is 6.43 Å². The Balaban J connectivity index is 2.63. The molecule has 0 radical (unpaired) electrons. The van der Waals surface area contributed by atoms with E-state index in [0.717, 1.165) is 3.70 Å². The SMILES string of the molecule is FC(F)c1ccn2c(I)cnc2c1. The predicted molar refractivity (Wildman–Crippen MR) is 52.9 cm³/mol. The summed E-state index contributed by atoms with van der Waals surface area (Å²) < 4.78 is 27.2. The van der Waals surface area contributed by atoms with Gasteiger partial charge in [-0.05, 0) is 34.7 Å². The quantitative estimate of drug-likeness (QED) is 0.739. The first-order valence-corrected chi connectivity index (χ1v) is 4.67. The van der Waals surface area contributed by atoms with E-state index in [1.165, 1.54) is 12.1 Å². The van der Waals surface area contributed by atoms with Crippen molar-refractivity contribution in [2.75, 3.05) is 0 Å². The number of imidazole rings is 1. The summed E-state index contributed by atoms with van der Waals surface area (Å²) in [4.78, 5) is 3.98. The van der Waals surface area contributed by atoms with E-state index in [4.69, 9.17) is 0 Å². The molecule has 0 N–H and O–H groups in total. The van der Waals surface area contributed by atoms with Crippen LogP contribution in [0.1, 0.15) is 12.0 Å². The maximum Gasteiger partial charge on any atom is 0.264 e. The summed E-state index contributed by atoms with van der Waals surface area (Å²) in [7, 11) is 0. The van der Waals surface area contributed by atoms with Crippen LogP contribution in [-0.2, 0) is 0 Å². The third kappa shape index (κ3) is 1.52. The largest absolute Gasteiger partial charge is 0.295 e. The highest BCUT2D eigenvalue weighted by molar-refractivity contribution is 14.1. The van der Waals surface area contributed by atoms with Gasteiger partial charge < -0.3 is 0 Å². The van der Waals surface area contributed by atoms with Gasteiger partial charge in [0.25, 0.3) is 6.43 Å². The molecule has 68 valence electrons. The molecule has 0 aliphatic carbocycles. The van der Waals surface area contributed by atoms with Crippen LogP contribution in [0.15, 0.2) is 24.5 Å². The van der Waals surface area contributed by atoms with Gasteiger partial charge in [0.1, 0.15) is 9.35 Å². The maximum atomic E-state index is 12.3. The Morgan fingerprint density at radius 3 is 2.92 bits per heavy atom. The van der Waals surface area contributed by atoms with Gasteiger partial charge in [-0.1, -0.05) is 0 Å². The summed E-state index contributed by atoms with van der Waals surface area (Å²) in [6.45, 7) is 0. The zero-order chi connectivity index (χ0) is 9.42. The fourth-order valence-electron chi connectivity index (χ4n) is 1.10. The van der Waals surface area contributed by atoms with Crippen LogP contribution in [0.3, 0.4) is 0 Å². The highest BCUT2D eigenvalue weighted by Crippen LogP contribution is 2.20. The van der Waals surface area contributed by atoms with Gasteiger partial charge in [0, 0.05) is 11.8 Å². The fraction of sp³-hybridized carbons (Fsp3) is 0.125. The number of alkyl halides is 2. The minimum absolute atomic E-state index is 0.00880. The second-order valence-electron chi connectivity index (χ2n) is 2.57. The lowest BCUT2D eigenvalue weighted by Gasteiger charge is -1.99. The maximum absolute atomic E-state index is 12.3. The third-order valence-corrected chi connectivity index (χ3v) is 2.54. The fourth-order valence-corrected chi connectivity index (χ4v) is 1.65. The van der Waals surface area contributed by atoms with E-state index in [-0.39, 0.29) is 5.56 Å². The van der Waals surface area contributed by atoms with Crippen LogP contribution < -0.4 is 0 Å². The van der Waals surface area contributed by atoms with Gasteiger partial charge in [-0.2, -0.15) is 0 Å². The number of hydrogen-bond acceptors (Lipinski definition) is 1. The molecule has 0 spiro atoms. The van der Waals surface area contributed by atoms with Crippen LogP contribution in [0.2, 0.25) is 0 Å². The molecular weight excluding hydrogens is 289 g/mol. The predicted octanol–water partition coefficient (Wildman–Crippen LogP) is 2.88. The van der Waals surface area contributed by atoms with E-state index in [1.54, 1.807) is 16.8 Å². The van der Waals surface area contributed by atoms with Crippen molar-refractivity contribution in [1.29, 1.82) is 0 Å². The highest BCUT2D eigenvalue weighted by atomic mass is 127. The van der Waals surface area contributed by atoms with Crippen molar-refractivity contribution in [2.24, 2.45) is 0 Å². The van der Waals surface area contributed by atoms with E-state index >= 15 is 0 Å². The first-order valence-electron chi connectivity index (χ1n) is 3.59. The molecule has 2 aromatic heterocycles. The van der Waals surface area contributed by atoms with Crippen LogP contribution >= 0.6 is 22.6 Å². The molecule has 0 atom stereocenters. The molecule has 2 rings (SSSR count). The monoisotopic (exact) mass is 294 g/mol. The molecule has 2 aromatic rings. The Hall–Kier alpha value is -0.720. The van der Waals surface area contributed by atoms with Gasteiger partial charge >= 0.3 is 0 Å². The average molecular weight is 294 g/mol. The van der Waals surface area contributed by atoms with Gasteiger partial charge in [0.2, 0.25) is 0 Å². The Kier molecular flexibility index (Phi) is 2.19. The summed E-state index contributed by atoms with van der Waals surface area (Å²) in [6, 6.07) is 2.80. The summed E-state index contributed by atoms with van der Waals surface area (Å²) in [5.74, 6) is 0. The zero-order valence-corrected chi connectivity index (χ0v) is 8.57. The van der Waals surface area contributed by atoms with E-state index in [9.17, 15) is 8.78 Å². The van der Waals surface area contributed by atoms with E-state index in [1.807, 2.05) is 0 Å². The molecule has 0 aromatic carbocycles. The molecule has 0 fully saturated rings. The van der Waals surface area contributed by atoms with Crippen molar-refractivity contribution in [1.82, 2.24) is 9.38 Å². The minimum atomic E-state index is -2.43. The zero-order valence-electron chi connectivity index (χ0n) is 6.42. The highest BCUT2D eigenvalue weighted by Gasteiger charge is 2.08. The summed E-state index contributed by atoms with van der Waals surface area (Å²) in [5, 5.41) is 0. The summed E-state index contributed by atoms with van der Waals surface area (Å²) in [5.41, 5.74) is 0.566. The smallest absolute Gasteiger partial charge is 0.264 e. The molecular formula is C8H5F2IN2. The van der Waals surface area contributed by atoms with Crippen molar-refractivity contribution < 1.29 is 8.78 Å². The molecule has 0 aliphatic heterocycles. The average Bonchev–Trinajstić information content (AvgIpc) is 2.47. The number of hydrogen-bond donors (Lipinski definition) is 0. The molecule has 2 heterocycles. The second kappa shape index (κ2) is 3.21. The Morgan fingerprint density at radius 1 is 1.46 bits per heavy atom. The number of halogens is 3. The third-order valence-electron chi connectivity index (χ3n) is 1.74. The second-order valence-corrected chi connectivity index (χ2v) is 3.68. The molecule has 5 heteroatoms. The Labute approximate surface area is 86.7 Å². The van der Waals surface area contributed by atoms with Gasteiger partial charge in [0.15, 0.2) is 0 Å². The molecule has 0 amide bonds. The molecule has 0 aliphatic rings. The summed E-state index contributed by atoms with van der Waals surface area (Å²) >= 11 is 2.10. The lowest BCUT2D eigenvalue weighted by atomic mass is 10.3. The molecule has 0 saturated carbocycles. The number of nitrogens with zero attached hydrogens (tertiary/aromatic N) is 2. The van der Waals surface area contributed by atoms with Crippen molar-refractivity contribution >= 4 is 28.2 Å². The number of pyridine rings is 1. The van der Waals surface area contributed by atoms with Crippen LogP contribution in [0.4, 0.5) is 8.78 Å². The van der Waals surface area contributed by atoms with Crippen molar-refractivity contribution in [3.05, 3.63) is 33.8 Å². The van der Waals surface area contributed by atoms with Gasteiger partial charge in [-0.15, -0.1) is 0 Å². The topological polar surface area (TPSA) is 17.3 Å². The first-order chi connectivity index (χ1) is 6.18. The lowest BCUT2D eigenvalue weighted by Crippen LogP contribution is -1.90. The minimum Gasteiger partial charge on any atom is -0.295 e. The lowest BCUT2D eigenvalue weighted by molar-refractivity contribution is 0.151. The molecule has 0 saturated heterocycles. The number of aromatic nitrogens is 2. The number of fused-ring (bicyclic) bond motifs is 1. The molecule has 0 bridgehead atoms. The summed E-state index contributed by atoms with van der Waals surface area (Å²) in [6.07, 6.45) is 0.816. The first kappa shape index (κ1) is 8.86. The van der Waals surface area contributed by atoms with Crippen molar-refractivity contribution in [3.63, 3.8) is 0 Å². The van der Waals surface area contributed by atoms with Gasteiger partial charge in [-0.25, -0.2) is 13.8 Å². The van der Waals surface area contributed by atoms with Crippen LogP contribution in [0.5, 0.6) is 0 Å². The number of rotatable bonds is 1. The van der Waals surface area contributed by atoms with Crippen LogP contribution in [0, 0.1) is 3.70 Å². The normalized spacial score (nSPS) is 11.4. The van der Waals surface area contributed by atoms with Gasteiger partial charge in [-0.3, -0.25) is 4.40 Å². The van der Waals surface area contributed by atoms with Crippen molar-refractivity contribution in [3.8, 4) is 0 Å². The molecule has 0 unspecified atom stereocenters. The Bertz CT molecular complexity index is 439. The molecule has 2 nitrogen and oxygen atoms in total. The van der Waals surface area contributed by atoms with Gasteiger partial charge in [0.05, 0.1) is 6.20 Å².